The minimum Gasteiger partial charge on any atom is -0.463 e. The standard InChI is InChI=1S/C10H8N2O2/c11-10(13)7-3-4-8(12-6-7)9-2-1-5-14-9/h1-6H,(H2,11,13). The van der Waals surface area contributed by atoms with Crippen molar-refractivity contribution in [3.63, 3.8) is 0 Å². The van der Waals surface area contributed by atoms with Gasteiger partial charge in [-0.05, 0) is 24.3 Å². The summed E-state index contributed by atoms with van der Waals surface area (Å²) in [5.41, 5.74) is 6.15. The highest BCUT2D eigenvalue weighted by Gasteiger charge is 2.04. The number of hydrogen-bond acceptors (Lipinski definition) is 3. The number of rotatable bonds is 2. The van der Waals surface area contributed by atoms with Crippen LogP contribution in [0.15, 0.2) is 41.1 Å². The Balaban J connectivity index is 2.36. The Morgan fingerprint density at radius 3 is 2.71 bits per heavy atom. The van der Waals surface area contributed by atoms with Crippen LogP contribution in [0.4, 0.5) is 0 Å². The van der Waals surface area contributed by atoms with Gasteiger partial charge in [0.1, 0.15) is 5.69 Å². The van der Waals surface area contributed by atoms with Crippen LogP contribution in [-0.4, -0.2) is 10.9 Å². The first-order chi connectivity index (χ1) is 6.77. The van der Waals surface area contributed by atoms with E-state index >= 15 is 0 Å². The number of aromatic nitrogens is 1. The van der Waals surface area contributed by atoms with E-state index < -0.39 is 5.91 Å². The van der Waals surface area contributed by atoms with E-state index in [2.05, 4.69) is 4.98 Å². The minimum absolute atomic E-state index is 0.389. The van der Waals surface area contributed by atoms with Gasteiger partial charge < -0.3 is 10.2 Å². The van der Waals surface area contributed by atoms with Gasteiger partial charge in [-0.1, -0.05) is 0 Å². The van der Waals surface area contributed by atoms with E-state index in [9.17, 15) is 4.79 Å². The van der Waals surface area contributed by atoms with E-state index in [0.717, 1.165) is 0 Å². The number of nitrogens with two attached hydrogens (primary N) is 1. The zero-order chi connectivity index (χ0) is 9.97. The molecule has 2 aromatic rings. The lowest BCUT2D eigenvalue weighted by Gasteiger charge is -1.97. The maximum atomic E-state index is 10.8. The summed E-state index contributed by atoms with van der Waals surface area (Å²) in [6.07, 6.45) is 3.00. The summed E-state index contributed by atoms with van der Waals surface area (Å²) >= 11 is 0. The topological polar surface area (TPSA) is 69.1 Å². The second kappa shape index (κ2) is 3.33. The molecule has 0 aromatic carbocycles. The molecule has 0 aliphatic rings. The fraction of sp³-hybridized carbons (Fsp3) is 0. The summed E-state index contributed by atoms with van der Waals surface area (Å²) < 4.78 is 5.14. The van der Waals surface area contributed by atoms with E-state index in [4.69, 9.17) is 10.2 Å². The number of pyridine rings is 1. The second-order valence-electron chi connectivity index (χ2n) is 2.77. The molecule has 1 amide bonds. The van der Waals surface area contributed by atoms with Crippen molar-refractivity contribution in [2.45, 2.75) is 0 Å². The minimum atomic E-state index is -0.483. The molecule has 0 bridgehead atoms. The van der Waals surface area contributed by atoms with Crippen molar-refractivity contribution in [2.75, 3.05) is 0 Å². The average Bonchev–Trinajstić information content (AvgIpc) is 2.71. The van der Waals surface area contributed by atoms with Crippen molar-refractivity contribution in [2.24, 2.45) is 5.73 Å². The van der Waals surface area contributed by atoms with Crippen LogP contribution in [0.5, 0.6) is 0 Å². The Bertz CT molecular complexity index is 432. The van der Waals surface area contributed by atoms with E-state index in [1.54, 1.807) is 30.5 Å². The van der Waals surface area contributed by atoms with Gasteiger partial charge >= 0.3 is 0 Å². The zero-order valence-corrected chi connectivity index (χ0v) is 7.31. The third kappa shape index (κ3) is 1.50. The maximum absolute atomic E-state index is 10.8. The Kier molecular flexibility index (Phi) is 2.02. The number of amides is 1. The van der Waals surface area contributed by atoms with Crippen LogP contribution in [0.3, 0.4) is 0 Å². The molecule has 0 spiro atoms. The maximum Gasteiger partial charge on any atom is 0.250 e. The van der Waals surface area contributed by atoms with Crippen molar-refractivity contribution >= 4 is 5.91 Å². The Morgan fingerprint density at radius 1 is 1.36 bits per heavy atom. The fourth-order valence-corrected chi connectivity index (χ4v) is 1.11. The monoisotopic (exact) mass is 188 g/mol. The molecule has 0 saturated carbocycles. The first-order valence-corrected chi connectivity index (χ1v) is 4.07. The molecule has 0 aliphatic carbocycles. The Morgan fingerprint density at radius 2 is 2.21 bits per heavy atom. The van der Waals surface area contributed by atoms with Gasteiger partial charge in [0.05, 0.1) is 11.8 Å². The van der Waals surface area contributed by atoms with Crippen molar-refractivity contribution in [3.8, 4) is 11.5 Å². The summed E-state index contributed by atoms with van der Waals surface area (Å²) in [6.45, 7) is 0. The summed E-state index contributed by atoms with van der Waals surface area (Å²) in [5.74, 6) is 0.185. The predicted octanol–water partition coefficient (Wildman–Crippen LogP) is 1.44. The van der Waals surface area contributed by atoms with E-state index in [1.165, 1.54) is 6.20 Å². The molecular formula is C10H8N2O2. The third-order valence-corrected chi connectivity index (χ3v) is 1.82. The lowest BCUT2D eigenvalue weighted by Crippen LogP contribution is -2.10. The molecule has 0 fully saturated rings. The van der Waals surface area contributed by atoms with Crippen LogP contribution in [0.25, 0.3) is 11.5 Å². The van der Waals surface area contributed by atoms with Crippen molar-refractivity contribution < 1.29 is 9.21 Å². The lowest BCUT2D eigenvalue weighted by molar-refractivity contribution is 0.1000. The number of carbonyl (C=O) groups excluding carboxylic acids is 1. The molecule has 70 valence electrons. The van der Waals surface area contributed by atoms with Crippen LogP contribution >= 0.6 is 0 Å². The van der Waals surface area contributed by atoms with Crippen molar-refractivity contribution in [3.05, 3.63) is 42.3 Å². The number of furan rings is 1. The van der Waals surface area contributed by atoms with Gasteiger partial charge in [-0.25, -0.2) is 0 Å². The molecule has 0 saturated heterocycles. The van der Waals surface area contributed by atoms with Crippen LogP contribution in [0.1, 0.15) is 10.4 Å². The molecule has 0 aliphatic heterocycles. The van der Waals surface area contributed by atoms with Crippen LogP contribution in [-0.2, 0) is 0 Å². The number of primary amides is 1. The quantitative estimate of drug-likeness (QED) is 0.775. The van der Waals surface area contributed by atoms with Gasteiger partial charge in [0.2, 0.25) is 5.91 Å². The summed E-state index contributed by atoms with van der Waals surface area (Å²) in [7, 11) is 0. The first kappa shape index (κ1) is 8.50. The van der Waals surface area contributed by atoms with Gasteiger partial charge in [-0.2, -0.15) is 0 Å². The largest absolute Gasteiger partial charge is 0.463 e. The molecule has 2 aromatic heterocycles. The SMILES string of the molecule is NC(=O)c1ccc(-c2ccco2)nc1. The number of carbonyl (C=O) groups is 1. The Labute approximate surface area is 80.4 Å². The highest BCUT2D eigenvalue weighted by atomic mass is 16.3. The molecule has 14 heavy (non-hydrogen) atoms. The van der Waals surface area contributed by atoms with Crippen molar-refractivity contribution in [1.82, 2.24) is 4.98 Å². The third-order valence-electron chi connectivity index (χ3n) is 1.82. The van der Waals surface area contributed by atoms with E-state index in [1.807, 2.05) is 0 Å². The molecule has 2 N–H and O–H groups in total. The summed E-state index contributed by atoms with van der Waals surface area (Å²) in [4.78, 5) is 14.8. The molecule has 0 atom stereocenters. The van der Waals surface area contributed by atoms with E-state index in [0.29, 0.717) is 17.0 Å². The molecule has 0 unspecified atom stereocenters. The highest BCUT2D eigenvalue weighted by molar-refractivity contribution is 5.92. The van der Waals surface area contributed by atoms with Gasteiger partial charge in [-0.3, -0.25) is 9.78 Å². The van der Waals surface area contributed by atoms with E-state index in [-0.39, 0.29) is 0 Å². The normalized spacial score (nSPS) is 10.0. The smallest absolute Gasteiger partial charge is 0.250 e. The van der Waals surface area contributed by atoms with Crippen LogP contribution in [0, 0.1) is 0 Å². The van der Waals surface area contributed by atoms with Crippen LogP contribution < -0.4 is 5.73 Å². The summed E-state index contributed by atoms with van der Waals surface area (Å²) in [6, 6.07) is 6.89. The second-order valence-corrected chi connectivity index (χ2v) is 2.77. The first-order valence-electron chi connectivity index (χ1n) is 4.07. The van der Waals surface area contributed by atoms with Gasteiger partial charge in [-0.15, -0.1) is 0 Å². The zero-order valence-electron chi connectivity index (χ0n) is 7.31. The van der Waals surface area contributed by atoms with Gasteiger partial charge in [0.25, 0.3) is 0 Å². The fourth-order valence-electron chi connectivity index (χ4n) is 1.11. The molecule has 4 nitrogen and oxygen atoms in total. The highest BCUT2D eigenvalue weighted by Crippen LogP contribution is 2.16. The van der Waals surface area contributed by atoms with Gasteiger partial charge in [0.15, 0.2) is 5.76 Å². The average molecular weight is 188 g/mol. The summed E-state index contributed by atoms with van der Waals surface area (Å²) in [5, 5.41) is 0. The molecule has 0 radical (unpaired) electrons. The van der Waals surface area contributed by atoms with Gasteiger partial charge in [0, 0.05) is 6.20 Å². The number of hydrogen-bond donors (Lipinski definition) is 1. The number of nitrogens with zero attached hydrogens (tertiary/aromatic N) is 1. The molecule has 2 rings (SSSR count). The lowest BCUT2D eigenvalue weighted by atomic mass is 10.2. The predicted molar refractivity (Wildman–Crippen MR) is 50.5 cm³/mol. The molecule has 2 heterocycles. The van der Waals surface area contributed by atoms with Crippen molar-refractivity contribution in [1.29, 1.82) is 0 Å². The molecular weight excluding hydrogens is 180 g/mol. The molecule has 4 heteroatoms. The van der Waals surface area contributed by atoms with Crippen LogP contribution in [0.2, 0.25) is 0 Å². The Hall–Kier alpha value is -2.10.